The van der Waals surface area contributed by atoms with Crippen LogP contribution in [0.15, 0.2) is 17.7 Å². The van der Waals surface area contributed by atoms with Gasteiger partial charge in [0.15, 0.2) is 0 Å². The maximum absolute atomic E-state index is 6.63. The minimum Gasteiger partial charge on any atom is -0.543 e. The maximum Gasteiger partial charge on any atom is 0.250 e. The normalized spacial score (nSPS) is 20.7. The van der Waals surface area contributed by atoms with E-state index in [0.29, 0.717) is 0 Å². The Morgan fingerprint density at radius 3 is 2.16 bits per heavy atom. The monoisotopic (exact) mass is 360 g/mol. The van der Waals surface area contributed by atoms with Crippen LogP contribution in [0.2, 0.25) is 18.1 Å². The molecule has 0 aromatic heterocycles. The van der Waals surface area contributed by atoms with Crippen molar-refractivity contribution in [3.63, 3.8) is 0 Å². The second-order valence-corrected chi connectivity index (χ2v) is 13.8. The molecule has 3 heteroatoms. The zero-order valence-corrected chi connectivity index (χ0v) is 18.9. The molecule has 0 saturated heterocycles. The van der Waals surface area contributed by atoms with Gasteiger partial charge in [-0.25, -0.2) is 0 Å². The highest BCUT2D eigenvalue weighted by Crippen LogP contribution is 2.52. The molecule has 25 heavy (non-hydrogen) atoms. The van der Waals surface area contributed by atoms with Gasteiger partial charge in [-0.3, -0.25) is 0 Å². The summed E-state index contributed by atoms with van der Waals surface area (Å²) in [4.78, 5) is 0. The molecule has 1 atom stereocenters. The summed E-state index contributed by atoms with van der Waals surface area (Å²) < 4.78 is 12.5. The lowest BCUT2D eigenvalue weighted by atomic mass is 9.76. The van der Waals surface area contributed by atoms with Gasteiger partial charge in [-0.15, -0.1) is 0 Å². The molecule has 0 heterocycles. The van der Waals surface area contributed by atoms with Crippen molar-refractivity contribution in [2.75, 3.05) is 7.11 Å². The van der Waals surface area contributed by atoms with E-state index in [4.69, 9.17) is 9.16 Å². The van der Waals surface area contributed by atoms with Gasteiger partial charge in [0, 0.05) is 11.0 Å². The van der Waals surface area contributed by atoms with Crippen molar-refractivity contribution in [2.24, 2.45) is 0 Å². The van der Waals surface area contributed by atoms with E-state index in [1.807, 2.05) is 0 Å². The number of fused-ring (bicyclic) bond motifs is 1. The number of aryl methyl sites for hydroxylation is 1. The predicted octanol–water partition coefficient (Wildman–Crippen LogP) is 6.83. The molecule has 0 saturated carbocycles. The first-order valence-corrected chi connectivity index (χ1v) is 12.5. The summed E-state index contributed by atoms with van der Waals surface area (Å²) in [5.74, 6) is 2.11. The van der Waals surface area contributed by atoms with E-state index in [-0.39, 0.29) is 10.5 Å². The van der Waals surface area contributed by atoms with Crippen LogP contribution in [0.1, 0.15) is 71.1 Å². The van der Waals surface area contributed by atoms with Gasteiger partial charge in [0.1, 0.15) is 11.5 Å². The van der Waals surface area contributed by atoms with Gasteiger partial charge in [0.25, 0.3) is 0 Å². The van der Waals surface area contributed by atoms with Crippen LogP contribution in [-0.2, 0) is 10.2 Å². The average Bonchev–Trinajstić information content (AvgIpc) is 2.75. The fourth-order valence-electron chi connectivity index (χ4n) is 3.74. The number of hydrogen-bond donors (Lipinski definition) is 0. The first kappa shape index (κ1) is 20.1. The Morgan fingerprint density at radius 1 is 1.12 bits per heavy atom. The van der Waals surface area contributed by atoms with Crippen molar-refractivity contribution in [2.45, 2.75) is 84.9 Å². The van der Waals surface area contributed by atoms with E-state index in [1.54, 1.807) is 7.11 Å². The Labute approximate surface area is 155 Å². The van der Waals surface area contributed by atoms with Crippen LogP contribution >= 0.6 is 0 Å². The summed E-state index contributed by atoms with van der Waals surface area (Å²) in [6.07, 6.45) is 2.08. The highest BCUT2D eigenvalue weighted by Gasteiger charge is 2.43. The summed E-state index contributed by atoms with van der Waals surface area (Å²) in [5.41, 5.74) is 5.36. The first-order chi connectivity index (χ1) is 11.4. The lowest BCUT2D eigenvalue weighted by Gasteiger charge is -2.37. The SMILES string of the molecule is CCC1=C(OC)c2c(C)cc(O[Si](C)(C)C(C)(C)C)cc2C1(C)CC. The molecule has 140 valence electrons. The third-order valence-electron chi connectivity index (χ3n) is 6.51. The van der Waals surface area contributed by atoms with Gasteiger partial charge < -0.3 is 9.16 Å². The van der Waals surface area contributed by atoms with Gasteiger partial charge in [-0.05, 0) is 66.7 Å². The lowest BCUT2D eigenvalue weighted by molar-refractivity contribution is 0.363. The van der Waals surface area contributed by atoms with E-state index >= 15 is 0 Å². The molecule has 0 bridgehead atoms. The van der Waals surface area contributed by atoms with Crippen LogP contribution in [0.5, 0.6) is 5.75 Å². The number of benzene rings is 1. The fourth-order valence-corrected chi connectivity index (χ4v) is 4.75. The Morgan fingerprint density at radius 2 is 1.72 bits per heavy atom. The van der Waals surface area contributed by atoms with Gasteiger partial charge >= 0.3 is 0 Å². The lowest BCUT2D eigenvalue weighted by Crippen LogP contribution is -2.43. The summed E-state index contributed by atoms with van der Waals surface area (Å²) in [7, 11) is -0.0521. The third-order valence-corrected chi connectivity index (χ3v) is 10.9. The van der Waals surface area contributed by atoms with Gasteiger partial charge in [0.2, 0.25) is 8.32 Å². The number of allylic oxidation sites excluding steroid dienone is 1. The number of hydrogen-bond acceptors (Lipinski definition) is 2. The van der Waals surface area contributed by atoms with Gasteiger partial charge in [0.05, 0.1) is 7.11 Å². The number of ether oxygens (including phenoxy) is 1. The predicted molar refractivity (Wildman–Crippen MR) is 111 cm³/mol. The van der Waals surface area contributed by atoms with Crippen molar-refractivity contribution in [3.8, 4) is 5.75 Å². The van der Waals surface area contributed by atoms with Crippen LogP contribution in [-0.4, -0.2) is 15.4 Å². The molecular weight excluding hydrogens is 324 g/mol. The van der Waals surface area contributed by atoms with E-state index in [9.17, 15) is 0 Å². The molecule has 1 aromatic carbocycles. The highest BCUT2D eigenvalue weighted by atomic mass is 28.4. The van der Waals surface area contributed by atoms with Crippen molar-refractivity contribution >= 4 is 14.1 Å². The maximum atomic E-state index is 6.63. The molecule has 0 amide bonds. The van der Waals surface area contributed by atoms with Crippen molar-refractivity contribution in [1.82, 2.24) is 0 Å². The number of rotatable bonds is 5. The summed E-state index contributed by atoms with van der Waals surface area (Å²) in [6.45, 7) is 20.5. The molecule has 0 radical (unpaired) electrons. The van der Waals surface area contributed by atoms with E-state index in [0.717, 1.165) is 24.4 Å². The highest BCUT2D eigenvalue weighted by molar-refractivity contribution is 6.74. The molecule has 1 unspecified atom stereocenters. The molecule has 0 N–H and O–H groups in total. The molecule has 1 aliphatic rings. The van der Waals surface area contributed by atoms with Crippen molar-refractivity contribution < 1.29 is 9.16 Å². The molecule has 1 aliphatic carbocycles. The molecular formula is C22H36O2Si. The zero-order valence-electron chi connectivity index (χ0n) is 17.9. The smallest absolute Gasteiger partial charge is 0.250 e. The van der Waals surface area contributed by atoms with E-state index in [2.05, 4.69) is 73.7 Å². The van der Waals surface area contributed by atoms with Crippen molar-refractivity contribution in [1.29, 1.82) is 0 Å². The Bertz CT molecular complexity index is 695. The molecule has 0 aliphatic heterocycles. The second-order valence-electron chi connectivity index (χ2n) is 9.08. The second kappa shape index (κ2) is 6.50. The van der Waals surface area contributed by atoms with Crippen LogP contribution in [0, 0.1) is 6.92 Å². The fraction of sp³-hybridized carbons (Fsp3) is 0.636. The molecule has 2 rings (SSSR count). The van der Waals surface area contributed by atoms with Crippen LogP contribution in [0.25, 0.3) is 5.76 Å². The van der Waals surface area contributed by atoms with Crippen LogP contribution in [0.4, 0.5) is 0 Å². The molecule has 1 aromatic rings. The Balaban J connectivity index is 2.60. The quantitative estimate of drug-likeness (QED) is 0.536. The van der Waals surface area contributed by atoms with E-state index in [1.165, 1.54) is 22.3 Å². The minimum atomic E-state index is -1.85. The van der Waals surface area contributed by atoms with Crippen LogP contribution < -0.4 is 4.43 Å². The zero-order chi connectivity index (χ0) is 19.2. The average molecular weight is 361 g/mol. The molecule has 2 nitrogen and oxygen atoms in total. The Hall–Kier alpha value is -1.22. The first-order valence-electron chi connectivity index (χ1n) is 9.55. The molecule has 0 fully saturated rings. The van der Waals surface area contributed by atoms with Gasteiger partial charge in [-0.1, -0.05) is 41.5 Å². The van der Waals surface area contributed by atoms with Gasteiger partial charge in [-0.2, -0.15) is 0 Å². The largest absolute Gasteiger partial charge is 0.543 e. The number of methoxy groups -OCH3 is 1. The summed E-state index contributed by atoms with van der Waals surface area (Å²) >= 11 is 0. The topological polar surface area (TPSA) is 18.5 Å². The Kier molecular flexibility index (Phi) is 5.22. The molecule has 0 spiro atoms. The minimum absolute atomic E-state index is 0.0347. The van der Waals surface area contributed by atoms with Crippen molar-refractivity contribution in [3.05, 3.63) is 34.4 Å². The van der Waals surface area contributed by atoms with Crippen LogP contribution in [0.3, 0.4) is 0 Å². The summed E-state index contributed by atoms with van der Waals surface area (Å²) in [5, 5.41) is 0.193. The third kappa shape index (κ3) is 3.16. The van der Waals surface area contributed by atoms with E-state index < -0.39 is 8.32 Å². The summed E-state index contributed by atoms with van der Waals surface area (Å²) in [6, 6.07) is 4.49. The standard InChI is InChI=1S/C22H36O2Si/c1-11-17-20(23-8)19-15(3)13-16(14-18(19)22(17,7)12-2)24-25(9,10)21(4,5)6/h13-14H,11-12H2,1-10H3.